The Labute approximate surface area is 190 Å². The molecule has 1 atom stereocenters. The lowest BCUT2D eigenvalue weighted by Gasteiger charge is -2.35. The fraction of sp³-hybridized carbons (Fsp3) is 0.778. The van der Waals surface area contributed by atoms with E-state index in [9.17, 15) is 13.2 Å². The van der Waals surface area contributed by atoms with Gasteiger partial charge < -0.3 is 19.7 Å². The Kier molecular flexibility index (Phi) is 9.89. The number of halogens is 4. The molecule has 11 heteroatoms. The predicted molar refractivity (Wildman–Crippen MR) is 117 cm³/mol. The number of aromatic nitrogens is 1. The molecule has 2 aliphatic heterocycles. The van der Waals surface area contributed by atoms with Gasteiger partial charge in [-0.15, -0.1) is 35.3 Å². The summed E-state index contributed by atoms with van der Waals surface area (Å²) in [4.78, 5) is 10.00. The highest BCUT2D eigenvalue weighted by Gasteiger charge is 2.33. The van der Waals surface area contributed by atoms with E-state index < -0.39 is 11.9 Å². The van der Waals surface area contributed by atoms with Crippen molar-refractivity contribution in [1.29, 1.82) is 0 Å². The van der Waals surface area contributed by atoms with Gasteiger partial charge in [0.1, 0.15) is 5.01 Å². The highest BCUT2D eigenvalue weighted by Crippen LogP contribution is 2.30. The minimum absolute atomic E-state index is 0. The molecule has 0 aliphatic carbocycles. The number of thiazole rings is 1. The predicted octanol–water partition coefficient (Wildman–Crippen LogP) is 3.91. The highest BCUT2D eigenvalue weighted by molar-refractivity contribution is 14.0. The maximum absolute atomic E-state index is 12.6. The molecule has 166 valence electrons. The number of nitrogens with one attached hydrogen (secondary N) is 1. The molecule has 0 amide bonds. The van der Waals surface area contributed by atoms with Gasteiger partial charge in [0.05, 0.1) is 25.4 Å². The number of likely N-dealkylation sites (tertiary alicyclic amines) is 1. The summed E-state index contributed by atoms with van der Waals surface area (Å²) in [5, 5.41) is 4.54. The molecule has 3 heterocycles. The van der Waals surface area contributed by atoms with Crippen LogP contribution in [0.15, 0.2) is 10.4 Å². The van der Waals surface area contributed by atoms with Crippen molar-refractivity contribution >= 4 is 41.3 Å². The monoisotopic (exact) mass is 548 g/mol. The van der Waals surface area contributed by atoms with Gasteiger partial charge in [0.2, 0.25) is 0 Å². The van der Waals surface area contributed by atoms with Gasteiger partial charge in [-0.3, -0.25) is 4.99 Å². The summed E-state index contributed by atoms with van der Waals surface area (Å²) in [7, 11) is 1.67. The van der Waals surface area contributed by atoms with Crippen LogP contribution in [-0.2, 0) is 22.2 Å². The average molecular weight is 548 g/mol. The standard InChI is InChI=1S/C18H27F3N4O2S.HI/c1-22-17(23-10-16-24-15(12-28-16)18(19,20)21)25-7-5-13(6-8-25)27-11-14-4-2-3-9-26-14;/h12-14H,2-11H2,1H3,(H,22,23);1H. The number of aliphatic imine (C=N–C) groups is 1. The van der Waals surface area contributed by atoms with Crippen molar-refractivity contribution < 1.29 is 22.6 Å². The molecule has 0 bridgehead atoms. The van der Waals surface area contributed by atoms with E-state index in [1.165, 1.54) is 6.42 Å². The van der Waals surface area contributed by atoms with E-state index >= 15 is 0 Å². The SMILES string of the molecule is CN=C(NCc1nc(C(F)(F)F)cs1)N1CCC(OCC2CCCCO2)CC1.I. The lowest BCUT2D eigenvalue weighted by Crippen LogP contribution is -2.47. The molecular formula is C18H28F3IN4O2S. The van der Waals surface area contributed by atoms with Crippen LogP contribution in [0, 0.1) is 0 Å². The molecule has 3 rings (SSSR count). The highest BCUT2D eigenvalue weighted by atomic mass is 127. The van der Waals surface area contributed by atoms with Crippen LogP contribution in [0.25, 0.3) is 0 Å². The van der Waals surface area contributed by atoms with Gasteiger partial charge >= 0.3 is 6.18 Å². The topological polar surface area (TPSA) is 59.0 Å². The van der Waals surface area contributed by atoms with Crippen LogP contribution in [0.4, 0.5) is 13.2 Å². The van der Waals surface area contributed by atoms with Crippen molar-refractivity contribution in [2.24, 2.45) is 4.99 Å². The molecule has 0 aromatic carbocycles. The van der Waals surface area contributed by atoms with E-state index in [-0.39, 0.29) is 42.7 Å². The Morgan fingerprint density at radius 3 is 2.69 bits per heavy atom. The van der Waals surface area contributed by atoms with E-state index in [2.05, 4.69) is 20.2 Å². The van der Waals surface area contributed by atoms with E-state index in [1.807, 2.05) is 0 Å². The first-order valence-electron chi connectivity index (χ1n) is 9.66. The number of piperidine rings is 1. The first kappa shape index (κ1) is 24.6. The van der Waals surface area contributed by atoms with Crippen LogP contribution in [0.1, 0.15) is 42.8 Å². The minimum atomic E-state index is -4.40. The van der Waals surface area contributed by atoms with Crippen LogP contribution in [-0.4, -0.2) is 61.4 Å². The Hall–Kier alpha value is -0.660. The number of hydrogen-bond acceptors (Lipinski definition) is 5. The van der Waals surface area contributed by atoms with Gasteiger partial charge in [0.15, 0.2) is 11.7 Å². The van der Waals surface area contributed by atoms with Gasteiger partial charge in [0, 0.05) is 32.1 Å². The van der Waals surface area contributed by atoms with Crippen molar-refractivity contribution in [2.45, 2.75) is 57.0 Å². The first-order chi connectivity index (χ1) is 13.5. The molecule has 0 spiro atoms. The van der Waals surface area contributed by atoms with E-state index in [1.54, 1.807) is 7.05 Å². The molecule has 1 aromatic heterocycles. The van der Waals surface area contributed by atoms with Crippen LogP contribution >= 0.6 is 35.3 Å². The fourth-order valence-corrected chi connectivity index (χ4v) is 4.17. The van der Waals surface area contributed by atoms with Gasteiger partial charge in [-0.2, -0.15) is 13.2 Å². The van der Waals surface area contributed by atoms with Crippen molar-refractivity contribution in [1.82, 2.24) is 15.2 Å². The summed E-state index contributed by atoms with van der Waals surface area (Å²) in [5.41, 5.74) is -0.843. The summed E-state index contributed by atoms with van der Waals surface area (Å²) in [5.74, 6) is 0.679. The summed E-state index contributed by atoms with van der Waals surface area (Å²) >= 11 is 0.997. The molecule has 2 saturated heterocycles. The zero-order valence-corrected chi connectivity index (χ0v) is 19.6. The lowest BCUT2D eigenvalue weighted by molar-refractivity contribution is -0.140. The number of hydrogen-bond donors (Lipinski definition) is 1. The normalized spacial score (nSPS) is 21.7. The number of nitrogens with zero attached hydrogens (tertiary/aromatic N) is 3. The van der Waals surface area contributed by atoms with Crippen LogP contribution in [0.5, 0.6) is 0 Å². The molecule has 6 nitrogen and oxygen atoms in total. The average Bonchev–Trinajstić information content (AvgIpc) is 3.18. The van der Waals surface area contributed by atoms with E-state index in [4.69, 9.17) is 9.47 Å². The first-order valence-corrected chi connectivity index (χ1v) is 10.5. The largest absolute Gasteiger partial charge is 0.434 e. The summed E-state index contributed by atoms with van der Waals surface area (Å²) in [6.45, 7) is 3.30. The molecular weight excluding hydrogens is 520 g/mol. The smallest absolute Gasteiger partial charge is 0.376 e. The number of ether oxygens (including phenoxy) is 2. The summed E-state index contributed by atoms with van der Waals surface area (Å²) in [6, 6.07) is 0. The Morgan fingerprint density at radius 1 is 1.34 bits per heavy atom. The molecule has 1 N–H and O–H groups in total. The molecule has 2 fully saturated rings. The van der Waals surface area contributed by atoms with Crippen molar-refractivity contribution in [2.75, 3.05) is 33.4 Å². The van der Waals surface area contributed by atoms with Crippen LogP contribution < -0.4 is 5.32 Å². The third-order valence-corrected chi connectivity index (χ3v) is 5.83. The second-order valence-corrected chi connectivity index (χ2v) is 7.98. The number of rotatable bonds is 5. The van der Waals surface area contributed by atoms with Crippen molar-refractivity contribution in [3.05, 3.63) is 16.1 Å². The quantitative estimate of drug-likeness (QED) is 0.344. The van der Waals surface area contributed by atoms with Crippen molar-refractivity contribution in [3.63, 3.8) is 0 Å². The number of alkyl halides is 3. The van der Waals surface area contributed by atoms with Gasteiger partial charge in [-0.05, 0) is 32.1 Å². The van der Waals surface area contributed by atoms with Crippen LogP contribution in [0.3, 0.4) is 0 Å². The Balaban J connectivity index is 0.00000300. The molecule has 0 radical (unpaired) electrons. The molecule has 1 unspecified atom stereocenters. The third-order valence-electron chi connectivity index (χ3n) is 4.99. The molecule has 1 aromatic rings. The lowest BCUT2D eigenvalue weighted by atomic mass is 10.1. The minimum Gasteiger partial charge on any atom is -0.376 e. The second-order valence-electron chi connectivity index (χ2n) is 7.03. The van der Waals surface area contributed by atoms with Gasteiger partial charge in [-0.1, -0.05) is 0 Å². The van der Waals surface area contributed by atoms with Gasteiger partial charge in [0.25, 0.3) is 0 Å². The fourth-order valence-electron chi connectivity index (χ4n) is 3.43. The molecule has 29 heavy (non-hydrogen) atoms. The summed E-state index contributed by atoms with van der Waals surface area (Å²) in [6.07, 6.45) is 1.24. The molecule has 2 aliphatic rings. The van der Waals surface area contributed by atoms with E-state index in [0.717, 1.165) is 62.1 Å². The maximum Gasteiger partial charge on any atom is 0.434 e. The van der Waals surface area contributed by atoms with Gasteiger partial charge in [-0.25, -0.2) is 4.98 Å². The van der Waals surface area contributed by atoms with Crippen LogP contribution in [0.2, 0.25) is 0 Å². The third kappa shape index (κ3) is 7.51. The Morgan fingerprint density at radius 2 is 2.10 bits per heavy atom. The Bertz CT molecular complexity index is 645. The zero-order chi connectivity index (χ0) is 20.0. The van der Waals surface area contributed by atoms with Crippen molar-refractivity contribution in [3.8, 4) is 0 Å². The maximum atomic E-state index is 12.6. The molecule has 0 saturated carbocycles. The van der Waals surface area contributed by atoms with E-state index in [0.29, 0.717) is 17.6 Å². The second kappa shape index (κ2) is 11.7. The number of guanidine groups is 1. The summed E-state index contributed by atoms with van der Waals surface area (Å²) < 4.78 is 49.7. The zero-order valence-electron chi connectivity index (χ0n) is 16.4.